The van der Waals surface area contributed by atoms with Gasteiger partial charge in [0.05, 0.1) is 6.54 Å². The predicted molar refractivity (Wildman–Crippen MR) is 119 cm³/mol. The molecule has 30 heavy (non-hydrogen) atoms. The average molecular weight is 448 g/mol. The van der Waals surface area contributed by atoms with Crippen LogP contribution in [0, 0.1) is 0 Å². The van der Waals surface area contributed by atoms with Crippen LogP contribution in [0.3, 0.4) is 0 Å². The summed E-state index contributed by atoms with van der Waals surface area (Å²) in [5, 5.41) is 3.45. The van der Waals surface area contributed by atoms with Gasteiger partial charge in [-0.1, -0.05) is 11.6 Å². The molecule has 8 heteroatoms. The molecule has 6 nitrogen and oxygen atoms in total. The molecule has 0 radical (unpaired) electrons. The number of piperazine rings is 1. The van der Waals surface area contributed by atoms with Crippen LogP contribution in [0.5, 0.6) is 0 Å². The summed E-state index contributed by atoms with van der Waals surface area (Å²) in [6.45, 7) is 2.82. The predicted octanol–water partition coefficient (Wildman–Crippen LogP) is 3.29. The lowest BCUT2D eigenvalue weighted by atomic mass is 10.00. The monoisotopic (exact) mass is 447 g/mol. The average Bonchev–Trinajstić information content (AvgIpc) is 2.74. The first-order valence-corrected chi connectivity index (χ1v) is 10.1. The van der Waals surface area contributed by atoms with E-state index < -0.39 is 0 Å². The maximum atomic E-state index is 12.9. The third kappa shape index (κ3) is 5.01. The number of amides is 2. The van der Waals surface area contributed by atoms with Gasteiger partial charge in [-0.25, -0.2) is 0 Å². The van der Waals surface area contributed by atoms with E-state index in [0.29, 0.717) is 61.7 Å². The number of aryl methyl sites for hydroxylation is 1. The summed E-state index contributed by atoms with van der Waals surface area (Å²) in [5.74, 6) is 0.0624. The normalized spacial score (nSPS) is 16.3. The second-order valence-corrected chi connectivity index (χ2v) is 7.85. The summed E-state index contributed by atoms with van der Waals surface area (Å²) < 4.78 is 0. The number of benzene rings is 2. The number of anilines is 1. The lowest BCUT2D eigenvalue weighted by Gasteiger charge is -2.34. The van der Waals surface area contributed by atoms with E-state index in [0.717, 1.165) is 11.3 Å². The van der Waals surface area contributed by atoms with Crippen molar-refractivity contribution in [1.29, 1.82) is 0 Å². The SMILES string of the molecule is Cl.O=C1CCc2cc(C(=O)N3CCN(CC(=O)c4ccc(Cl)cc4)CC3)ccc2N1. The fourth-order valence-electron chi connectivity index (χ4n) is 3.74. The molecule has 0 spiro atoms. The minimum absolute atomic E-state index is 0. The van der Waals surface area contributed by atoms with Gasteiger partial charge in [-0.05, 0) is 54.4 Å². The van der Waals surface area contributed by atoms with Crippen molar-refractivity contribution in [2.75, 3.05) is 38.0 Å². The van der Waals surface area contributed by atoms with Crippen LogP contribution < -0.4 is 5.32 Å². The van der Waals surface area contributed by atoms with Crippen LogP contribution >= 0.6 is 24.0 Å². The summed E-state index contributed by atoms with van der Waals surface area (Å²) in [5.41, 5.74) is 3.09. The van der Waals surface area contributed by atoms with Crippen molar-refractivity contribution in [3.05, 3.63) is 64.2 Å². The van der Waals surface area contributed by atoms with E-state index in [4.69, 9.17) is 11.6 Å². The van der Waals surface area contributed by atoms with Crippen LogP contribution in [0.15, 0.2) is 42.5 Å². The molecule has 2 aliphatic heterocycles. The van der Waals surface area contributed by atoms with Crippen molar-refractivity contribution in [3.8, 4) is 0 Å². The zero-order valence-corrected chi connectivity index (χ0v) is 18.0. The van der Waals surface area contributed by atoms with Gasteiger partial charge in [-0.2, -0.15) is 0 Å². The number of fused-ring (bicyclic) bond motifs is 1. The van der Waals surface area contributed by atoms with Crippen LogP contribution in [0.1, 0.15) is 32.7 Å². The van der Waals surface area contributed by atoms with Gasteiger partial charge in [0, 0.05) is 54.4 Å². The Morgan fingerprint density at radius 1 is 0.933 bits per heavy atom. The number of hydrogen-bond acceptors (Lipinski definition) is 4. The van der Waals surface area contributed by atoms with Crippen LogP contribution in [0.2, 0.25) is 5.02 Å². The van der Waals surface area contributed by atoms with Crippen molar-refractivity contribution in [2.24, 2.45) is 0 Å². The Hall–Kier alpha value is -2.41. The van der Waals surface area contributed by atoms with Crippen LogP contribution in [0.25, 0.3) is 0 Å². The molecule has 0 unspecified atom stereocenters. The highest BCUT2D eigenvalue weighted by atomic mass is 35.5. The van der Waals surface area contributed by atoms with Gasteiger partial charge in [0.1, 0.15) is 0 Å². The molecule has 4 rings (SSSR count). The number of hydrogen-bond donors (Lipinski definition) is 1. The summed E-state index contributed by atoms with van der Waals surface area (Å²) in [7, 11) is 0. The number of Topliss-reactive ketones (excluding diaryl/α,β-unsaturated/α-hetero) is 1. The van der Waals surface area contributed by atoms with Crippen LogP contribution in [0.4, 0.5) is 5.69 Å². The second kappa shape index (κ2) is 9.60. The number of nitrogens with one attached hydrogen (secondary N) is 1. The number of carbonyl (C=O) groups excluding carboxylic acids is 3. The highest BCUT2D eigenvalue weighted by molar-refractivity contribution is 6.30. The van der Waals surface area contributed by atoms with E-state index >= 15 is 0 Å². The molecule has 0 saturated carbocycles. The summed E-state index contributed by atoms with van der Waals surface area (Å²) >= 11 is 5.87. The first-order chi connectivity index (χ1) is 14.0. The van der Waals surface area contributed by atoms with Crippen molar-refractivity contribution < 1.29 is 14.4 Å². The number of ketones is 1. The van der Waals surface area contributed by atoms with E-state index in [1.54, 1.807) is 36.4 Å². The molecule has 2 heterocycles. The molecule has 0 aliphatic carbocycles. The summed E-state index contributed by atoms with van der Waals surface area (Å²) in [6, 6.07) is 12.4. The second-order valence-electron chi connectivity index (χ2n) is 7.42. The molecular weight excluding hydrogens is 425 g/mol. The molecule has 2 aromatic rings. The van der Waals surface area contributed by atoms with Gasteiger partial charge in [0.2, 0.25) is 5.91 Å². The van der Waals surface area contributed by atoms with Crippen molar-refractivity contribution in [1.82, 2.24) is 9.80 Å². The maximum absolute atomic E-state index is 12.9. The lowest BCUT2D eigenvalue weighted by Crippen LogP contribution is -2.49. The minimum atomic E-state index is -0.00613. The highest BCUT2D eigenvalue weighted by Gasteiger charge is 2.25. The van der Waals surface area contributed by atoms with E-state index in [1.807, 2.05) is 11.0 Å². The molecule has 2 aliphatic rings. The van der Waals surface area contributed by atoms with Gasteiger partial charge in [-0.3, -0.25) is 19.3 Å². The Morgan fingerprint density at radius 3 is 2.30 bits per heavy atom. The standard InChI is InChI=1S/C22H22ClN3O3.ClH/c23-18-5-1-15(2-6-18)20(27)14-25-9-11-26(12-10-25)22(29)17-3-7-19-16(13-17)4-8-21(28)24-19;/h1-3,5-7,13H,4,8-12,14H2,(H,24,28);1H. The molecule has 0 bridgehead atoms. The van der Waals surface area contributed by atoms with Crippen LogP contribution in [-0.4, -0.2) is 60.1 Å². The molecule has 2 amide bonds. The van der Waals surface area contributed by atoms with Gasteiger partial charge in [0.15, 0.2) is 5.78 Å². The molecule has 1 saturated heterocycles. The molecule has 0 aromatic heterocycles. The third-order valence-corrected chi connectivity index (χ3v) is 5.69. The Morgan fingerprint density at radius 2 is 1.60 bits per heavy atom. The Balaban J connectivity index is 0.00000256. The van der Waals surface area contributed by atoms with Gasteiger partial charge in [-0.15, -0.1) is 12.4 Å². The fourth-order valence-corrected chi connectivity index (χ4v) is 3.86. The van der Waals surface area contributed by atoms with Crippen molar-refractivity contribution in [3.63, 3.8) is 0 Å². The zero-order valence-electron chi connectivity index (χ0n) is 16.4. The number of carbonyl (C=O) groups is 3. The third-order valence-electron chi connectivity index (χ3n) is 5.44. The topological polar surface area (TPSA) is 69.7 Å². The first kappa shape index (κ1) is 22.3. The summed E-state index contributed by atoms with van der Waals surface area (Å²) in [6.07, 6.45) is 1.11. The van der Waals surface area contributed by atoms with Gasteiger partial charge >= 0.3 is 0 Å². The smallest absolute Gasteiger partial charge is 0.253 e. The molecule has 158 valence electrons. The largest absolute Gasteiger partial charge is 0.336 e. The zero-order chi connectivity index (χ0) is 20.4. The Labute approximate surface area is 186 Å². The molecule has 0 atom stereocenters. The minimum Gasteiger partial charge on any atom is -0.336 e. The van der Waals surface area contributed by atoms with E-state index in [1.165, 1.54) is 0 Å². The van der Waals surface area contributed by atoms with Crippen molar-refractivity contribution >= 4 is 47.3 Å². The van der Waals surface area contributed by atoms with E-state index in [-0.39, 0.29) is 30.0 Å². The van der Waals surface area contributed by atoms with E-state index in [9.17, 15) is 14.4 Å². The number of halogens is 2. The van der Waals surface area contributed by atoms with Gasteiger partial charge < -0.3 is 10.2 Å². The van der Waals surface area contributed by atoms with Crippen LogP contribution in [-0.2, 0) is 11.2 Å². The molecule has 2 aromatic carbocycles. The lowest BCUT2D eigenvalue weighted by molar-refractivity contribution is -0.116. The molecular formula is C22H23Cl2N3O3. The van der Waals surface area contributed by atoms with Gasteiger partial charge in [0.25, 0.3) is 5.91 Å². The fraction of sp³-hybridized carbons (Fsp3) is 0.318. The number of nitrogens with zero attached hydrogens (tertiary/aromatic N) is 2. The number of rotatable bonds is 4. The first-order valence-electron chi connectivity index (χ1n) is 9.73. The molecule has 1 N–H and O–H groups in total. The van der Waals surface area contributed by atoms with E-state index in [2.05, 4.69) is 10.2 Å². The quantitative estimate of drug-likeness (QED) is 0.729. The highest BCUT2D eigenvalue weighted by Crippen LogP contribution is 2.24. The molecule has 1 fully saturated rings. The van der Waals surface area contributed by atoms with Crippen molar-refractivity contribution in [2.45, 2.75) is 12.8 Å². The Kier molecular flexibility index (Phi) is 7.13. The maximum Gasteiger partial charge on any atom is 0.253 e. The summed E-state index contributed by atoms with van der Waals surface area (Å²) in [4.78, 5) is 40.7. The Bertz CT molecular complexity index is 955.